The maximum Gasteiger partial charge on any atom is 0.423 e. The third kappa shape index (κ3) is 7.06. The Morgan fingerprint density at radius 2 is 1.68 bits per heavy atom. The minimum absolute atomic E-state index is 0.0354. The van der Waals surface area contributed by atoms with Crippen LogP contribution in [0.5, 0.6) is 0 Å². The van der Waals surface area contributed by atoms with E-state index in [1.165, 1.54) is 6.07 Å². The number of carbonyl (C=O) groups excluding carboxylic acids is 1. The van der Waals surface area contributed by atoms with Crippen molar-refractivity contribution in [1.82, 2.24) is 5.32 Å². The first kappa shape index (κ1) is 27.0. The van der Waals surface area contributed by atoms with Crippen molar-refractivity contribution in [3.05, 3.63) is 63.2 Å². The fourth-order valence-electron chi connectivity index (χ4n) is 5.18. The van der Waals surface area contributed by atoms with E-state index < -0.39 is 22.4 Å². The summed E-state index contributed by atoms with van der Waals surface area (Å²) in [5, 5.41) is 17.8. The number of nitro benzene ring substituents is 1. The number of anilines is 2. The molecular weight excluding hydrogens is 509 g/mol. The Morgan fingerprint density at radius 3 is 2.27 bits per heavy atom. The van der Waals surface area contributed by atoms with Gasteiger partial charge in [-0.1, -0.05) is 11.6 Å². The summed E-state index contributed by atoms with van der Waals surface area (Å²) in [6.07, 6.45) is -0.285. The lowest BCUT2D eigenvalue weighted by Crippen LogP contribution is -2.41. The van der Waals surface area contributed by atoms with Gasteiger partial charge < -0.3 is 15.5 Å². The molecule has 4 rings (SSSR count). The first-order chi connectivity index (χ1) is 17.6. The summed E-state index contributed by atoms with van der Waals surface area (Å²) in [5.74, 6) is 0.346. The van der Waals surface area contributed by atoms with Crippen LogP contribution in [0.3, 0.4) is 0 Å². The number of halogens is 4. The zero-order valence-corrected chi connectivity index (χ0v) is 21.0. The average molecular weight is 539 g/mol. The number of nitro groups is 1. The van der Waals surface area contributed by atoms with E-state index in [-0.39, 0.29) is 23.6 Å². The van der Waals surface area contributed by atoms with Crippen LogP contribution < -0.4 is 15.5 Å². The van der Waals surface area contributed by atoms with Gasteiger partial charge in [0.15, 0.2) is 0 Å². The molecule has 1 saturated heterocycles. The minimum atomic E-state index is -4.82. The molecule has 1 heterocycles. The van der Waals surface area contributed by atoms with Gasteiger partial charge in [-0.05, 0) is 80.8 Å². The lowest BCUT2D eigenvalue weighted by atomic mass is 9.85. The summed E-state index contributed by atoms with van der Waals surface area (Å²) in [6, 6.07) is 10.7. The van der Waals surface area contributed by atoms with Crippen LogP contribution in [0.25, 0.3) is 0 Å². The Labute approximate surface area is 218 Å². The fraction of sp³-hybridized carbons (Fsp3) is 0.500. The number of hydrogen-bond donors (Lipinski definition) is 2. The lowest BCUT2D eigenvalue weighted by Gasteiger charge is -2.34. The molecule has 11 heteroatoms. The molecule has 0 aromatic heterocycles. The number of nitrogens with zero attached hydrogens (tertiary/aromatic N) is 2. The van der Waals surface area contributed by atoms with Gasteiger partial charge in [-0.15, -0.1) is 0 Å². The summed E-state index contributed by atoms with van der Waals surface area (Å²) in [5.41, 5.74) is -0.889. The molecule has 7 nitrogen and oxygen atoms in total. The molecule has 1 aliphatic heterocycles. The highest BCUT2D eigenvalue weighted by Gasteiger charge is 2.38. The number of alkyl halides is 3. The molecule has 1 saturated carbocycles. The first-order valence-corrected chi connectivity index (χ1v) is 12.9. The van der Waals surface area contributed by atoms with E-state index in [4.69, 9.17) is 11.6 Å². The van der Waals surface area contributed by atoms with Crippen molar-refractivity contribution < 1.29 is 22.9 Å². The molecule has 200 valence electrons. The maximum absolute atomic E-state index is 13.2. The van der Waals surface area contributed by atoms with Crippen molar-refractivity contribution in [3.8, 4) is 0 Å². The number of rotatable bonds is 7. The summed E-state index contributed by atoms with van der Waals surface area (Å²) in [4.78, 5) is 25.0. The average Bonchev–Trinajstić information content (AvgIpc) is 2.88. The summed E-state index contributed by atoms with van der Waals surface area (Å²) >= 11 is 5.97. The number of hydrogen-bond acceptors (Lipinski definition) is 5. The Morgan fingerprint density at radius 1 is 1.03 bits per heavy atom. The van der Waals surface area contributed by atoms with E-state index in [2.05, 4.69) is 15.5 Å². The monoisotopic (exact) mass is 538 g/mol. The van der Waals surface area contributed by atoms with Gasteiger partial charge in [0.05, 0.1) is 4.92 Å². The van der Waals surface area contributed by atoms with Crippen molar-refractivity contribution in [1.29, 1.82) is 0 Å². The molecule has 2 aromatic rings. The van der Waals surface area contributed by atoms with Crippen LogP contribution in [-0.2, 0) is 11.0 Å². The highest BCUT2D eigenvalue weighted by molar-refractivity contribution is 6.30. The van der Waals surface area contributed by atoms with Gasteiger partial charge >= 0.3 is 6.18 Å². The topological polar surface area (TPSA) is 87.5 Å². The molecule has 2 N–H and O–H groups in total. The van der Waals surface area contributed by atoms with Crippen LogP contribution in [0.2, 0.25) is 5.02 Å². The van der Waals surface area contributed by atoms with Crippen LogP contribution in [0.4, 0.5) is 30.2 Å². The van der Waals surface area contributed by atoms with Gasteiger partial charge in [0.25, 0.3) is 5.69 Å². The molecule has 0 atom stereocenters. The van der Waals surface area contributed by atoms with Crippen LogP contribution in [-0.4, -0.2) is 36.5 Å². The van der Waals surface area contributed by atoms with Gasteiger partial charge in [-0.25, -0.2) is 0 Å². The third-order valence-electron chi connectivity index (χ3n) is 7.34. The highest BCUT2D eigenvalue weighted by Crippen LogP contribution is 2.38. The predicted molar refractivity (Wildman–Crippen MR) is 137 cm³/mol. The van der Waals surface area contributed by atoms with E-state index in [1.807, 2.05) is 24.3 Å². The normalized spacial score (nSPS) is 20.9. The zero-order valence-electron chi connectivity index (χ0n) is 20.3. The van der Waals surface area contributed by atoms with Crippen molar-refractivity contribution in [3.63, 3.8) is 0 Å². The predicted octanol–water partition coefficient (Wildman–Crippen LogP) is 6.27. The molecule has 1 amide bonds. The minimum Gasteiger partial charge on any atom is -0.382 e. The van der Waals surface area contributed by atoms with Crippen molar-refractivity contribution in [2.24, 2.45) is 11.8 Å². The summed E-state index contributed by atoms with van der Waals surface area (Å²) in [6.45, 7) is 2.50. The third-order valence-corrected chi connectivity index (χ3v) is 7.59. The Balaban J connectivity index is 1.20. The number of piperidine rings is 1. The Kier molecular flexibility index (Phi) is 8.46. The molecular formula is C26H30ClF3N4O3. The molecule has 2 aromatic carbocycles. The van der Waals surface area contributed by atoms with Gasteiger partial charge in [0.2, 0.25) is 5.91 Å². The molecule has 0 radical (unpaired) electrons. The fourth-order valence-corrected chi connectivity index (χ4v) is 5.31. The smallest absolute Gasteiger partial charge is 0.382 e. The maximum atomic E-state index is 13.2. The van der Waals surface area contributed by atoms with Crippen LogP contribution in [0.15, 0.2) is 42.5 Å². The standard InChI is InChI=1S/C26H30ClF3N4O3/c27-19-3-8-22(9-4-19)33-13-11-17(12-14-33)16-31-25(35)18-1-5-20(6-2-18)32-21-7-10-24(34(36)37)23(15-21)26(28,29)30/h3-4,7-10,15,17-18,20,32H,1-2,5-6,11-14,16H2,(H,31,35). The number of nitrogens with one attached hydrogen (secondary N) is 2. The highest BCUT2D eigenvalue weighted by atomic mass is 35.5. The van der Waals surface area contributed by atoms with E-state index in [0.29, 0.717) is 43.2 Å². The van der Waals surface area contributed by atoms with E-state index in [1.54, 1.807) is 0 Å². The Bertz CT molecular complexity index is 1100. The van der Waals surface area contributed by atoms with Crippen LogP contribution in [0, 0.1) is 22.0 Å². The van der Waals surface area contributed by atoms with Gasteiger partial charge in [0.1, 0.15) is 5.56 Å². The van der Waals surface area contributed by atoms with Gasteiger partial charge in [-0.3, -0.25) is 14.9 Å². The quantitative estimate of drug-likeness (QED) is 0.320. The molecule has 0 spiro atoms. The summed E-state index contributed by atoms with van der Waals surface area (Å²) < 4.78 is 39.7. The zero-order chi connectivity index (χ0) is 26.6. The van der Waals surface area contributed by atoms with Crippen LogP contribution in [0.1, 0.15) is 44.1 Å². The second kappa shape index (κ2) is 11.6. The first-order valence-electron chi connectivity index (χ1n) is 12.5. The number of benzene rings is 2. The van der Waals surface area contributed by atoms with Gasteiger partial charge in [0, 0.05) is 54.1 Å². The van der Waals surface area contributed by atoms with Crippen molar-refractivity contribution in [2.75, 3.05) is 29.9 Å². The largest absolute Gasteiger partial charge is 0.423 e. The van der Waals surface area contributed by atoms with E-state index >= 15 is 0 Å². The number of amides is 1. The summed E-state index contributed by atoms with van der Waals surface area (Å²) in [7, 11) is 0. The van der Waals surface area contributed by atoms with Crippen molar-refractivity contribution >= 4 is 34.6 Å². The molecule has 1 aliphatic carbocycles. The van der Waals surface area contributed by atoms with Crippen molar-refractivity contribution in [2.45, 2.75) is 50.7 Å². The van der Waals surface area contributed by atoms with E-state index in [0.717, 1.165) is 43.8 Å². The molecule has 0 bridgehead atoms. The second-order valence-electron chi connectivity index (χ2n) is 9.83. The molecule has 2 aliphatic rings. The van der Waals surface area contributed by atoms with Gasteiger partial charge in [-0.2, -0.15) is 13.2 Å². The lowest BCUT2D eigenvalue weighted by molar-refractivity contribution is -0.388. The molecule has 0 unspecified atom stereocenters. The Hall–Kier alpha value is -3.01. The SMILES string of the molecule is O=C(NCC1CCN(c2ccc(Cl)cc2)CC1)C1CCC(Nc2ccc([N+](=O)[O-])c(C(F)(F)F)c2)CC1. The molecule has 37 heavy (non-hydrogen) atoms. The second-order valence-corrected chi connectivity index (χ2v) is 10.3. The van der Waals surface area contributed by atoms with Crippen LogP contribution >= 0.6 is 11.6 Å². The molecule has 2 fully saturated rings. The van der Waals surface area contributed by atoms with E-state index in [9.17, 15) is 28.1 Å². The number of carbonyl (C=O) groups is 1.